The maximum Gasteiger partial charge on any atom is 0.237 e. The smallest absolute Gasteiger partial charge is 0.237 e. The number of thioether (sulfide) groups is 1. The summed E-state index contributed by atoms with van der Waals surface area (Å²) >= 11 is 1.33. The van der Waals surface area contributed by atoms with E-state index in [-0.39, 0.29) is 29.2 Å². The van der Waals surface area contributed by atoms with Gasteiger partial charge >= 0.3 is 0 Å². The molecule has 0 bridgehead atoms. The van der Waals surface area contributed by atoms with E-state index in [1.165, 1.54) is 11.8 Å². The Morgan fingerprint density at radius 3 is 2.59 bits per heavy atom. The van der Waals surface area contributed by atoms with Gasteiger partial charge in [-0.1, -0.05) is 42.1 Å². The van der Waals surface area contributed by atoms with Gasteiger partial charge in [-0.25, -0.2) is 13.4 Å². The van der Waals surface area contributed by atoms with Crippen LogP contribution in [0, 0.1) is 0 Å². The quantitative estimate of drug-likeness (QED) is 0.665. The van der Waals surface area contributed by atoms with Gasteiger partial charge in [0.1, 0.15) is 0 Å². The largest absolute Gasteiger partial charge is 0.333 e. The van der Waals surface area contributed by atoms with Crippen molar-refractivity contribution in [1.82, 2.24) is 9.97 Å². The number of carbonyl (C=O) groups is 1. The summed E-state index contributed by atoms with van der Waals surface area (Å²) in [6.07, 6.45) is 0.471. The van der Waals surface area contributed by atoms with Gasteiger partial charge in [0.05, 0.1) is 34.3 Å². The first-order valence-corrected chi connectivity index (χ1v) is 11.5. The zero-order valence-corrected chi connectivity index (χ0v) is 16.2. The highest BCUT2D eigenvalue weighted by atomic mass is 32.2. The number of imidazole rings is 1. The number of anilines is 1. The summed E-state index contributed by atoms with van der Waals surface area (Å²) in [4.78, 5) is 22.3. The van der Waals surface area contributed by atoms with Gasteiger partial charge in [-0.15, -0.1) is 0 Å². The summed E-state index contributed by atoms with van der Waals surface area (Å²) in [7, 11) is -3.09. The number of sulfone groups is 1. The Balaban J connectivity index is 1.53. The molecule has 2 aromatic carbocycles. The molecule has 1 fully saturated rings. The number of hydrogen-bond donors (Lipinski definition) is 1. The van der Waals surface area contributed by atoms with Crippen molar-refractivity contribution in [3.63, 3.8) is 0 Å². The molecule has 140 valence electrons. The van der Waals surface area contributed by atoms with E-state index >= 15 is 0 Å². The number of rotatable bonds is 5. The van der Waals surface area contributed by atoms with Gasteiger partial charge in [-0.05, 0) is 30.7 Å². The molecule has 1 aromatic heterocycles. The van der Waals surface area contributed by atoms with Crippen LogP contribution in [0.5, 0.6) is 0 Å². The van der Waals surface area contributed by atoms with Crippen LogP contribution in [0.1, 0.15) is 6.42 Å². The van der Waals surface area contributed by atoms with Gasteiger partial charge in [0.15, 0.2) is 15.0 Å². The fourth-order valence-electron chi connectivity index (χ4n) is 3.32. The lowest BCUT2D eigenvalue weighted by Crippen LogP contribution is -2.42. The minimum Gasteiger partial charge on any atom is -0.333 e. The molecule has 1 aliphatic rings. The zero-order chi connectivity index (χ0) is 18.9. The standard InChI is InChI=1S/C19H19N3O3S2/c23-18(12-26-19-20-16-8-4-5-9-17(16)21-19)22(14-6-2-1-3-7-14)15-10-11-27(24,25)13-15/h1-9,15H,10-13H2,(H,20,21)/t15-/m0/s1. The van der Waals surface area contributed by atoms with E-state index < -0.39 is 9.84 Å². The van der Waals surface area contributed by atoms with Crippen molar-refractivity contribution in [2.45, 2.75) is 17.6 Å². The van der Waals surface area contributed by atoms with Crippen LogP contribution in [0.15, 0.2) is 59.8 Å². The Hall–Kier alpha value is -2.32. The van der Waals surface area contributed by atoms with Gasteiger partial charge in [0, 0.05) is 5.69 Å². The molecule has 0 aliphatic carbocycles. The molecular weight excluding hydrogens is 382 g/mol. The van der Waals surface area contributed by atoms with E-state index in [1.807, 2.05) is 54.6 Å². The zero-order valence-electron chi connectivity index (χ0n) is 14.5. The van der Waals surface area contributed by atoms with E-state index in [0.29, 0.717) is 11.6 Å². The molecule has 27 heavy (non-hydrogen) atoms. The number of aromatic nitrogens is 2. The fourth-order valence-corrected chi connectivity index (χ4v) is 5.77. The Bertz CT molecular complexity index is 1030. The second kappa shape index (κ2) is 7.36. The van der Waals surface area contributed by atoms with Gasteiger partial charge in [-0.2, -0.15) is 0 Å². The number of amides is 1. The van der Waals surface area contributed by atoms with Crippen molar-refractivity contribution >= 4 is 44.2 Å². The molecule has 2 heterocycles. The molecular formula is C19H19N3O3S2. The average Bonchev–Trinajstić information content (AvgIpc) is 3.23. The summed E-state index contributed by atoms with van der Waals surface area (Å²) in [5.74, 6) is 0.216. The van der Waals surface area contributed by atoms with Crippen molar-refractivity contribution < 1.29 is 13.2 Å². The van der Waals surface area contributed by atoms with Crippen molar-refractivity contribution in [2.24, 2.45) is 0 Å². The molecule has 1 amide bonds. The van der Waals surface area contributed by atoms with Crippen LogP contribution in [0.3, 0.4) is 0 Å². The first-order chi connectivity index (χ1) is 13.0. The number of H-pyrrole nitrogens is 1. The van der Waals surface area contributed by atoms with Gasteiger partial charge in [-0.3, -0.25) is 4.79 Å². The highest BCUT2D eigenvalue weighted by Gasteiger charge is 2.35. The molecule has 4 rings (SSSR count). The maximum atomic E-state index is 13.0. The third-order valence-corrected chi connectivity index (χ3v) is 7.19. The van der Waals surface area contributed by atoms with Crippen LogP contribution in [0.2, 0.25) is 0 Å². The number of fused-ring (bicyclic) bond motifs is 1. The van der Waals surface area contributed by atoms with Crippen LogP contribution < -0.4 is 4.90 Å². The lowest BCUT2D eigenvalue weighted by atomic mass is 10.2. The number of benzene rings is 2. The summed E-state index contributed by atoms with van der Waals surface area (Å²) in [6.45, 7) is 0. The van der Waals surface area contributed by atoms with Crippen molar-refractivity contribution in [3.05, 3.63) is 54.6 Å². The van der Waals surface area contributed by atoms with Crippen molar-refractivity contribution in [3.8, 4) is 0 Å². The van der Waals surface area contributed by atoms with Crippen molar-refractivity contribution in [2.75, 3.05) is 22.2 Å². The fraction of sp³-hybridized carbons (Fsp3) is 0.263. The number of nitrogens with zero attached hydrogens (tertiary/aromatic N) is 2. The summed E-state index contributed by atoms with van der Waals surface area (Å²) in [5.41, 5.74) is 2.51. The van der Waals surface area contributed by atoms with Crippen LogP contribution >= 0.6 is 11.8 Å². The Morgan fingerprint density at radius 2 is 1.89 bits per heavy atom. The minimum atomic E-state index is -3.09. The topological polar surface area (TPSA) is 83.1 Å². The SMILES string of the molecule is O=C(CSc1nc2ccccc2[nH]1)N(c1ccccc1)[C@H]1CCS(=O)(=O)C1. The first kappa shape index (κ1) is 18.1. The van der Waals surface area contributed by atoms with Crippen molar-refractivity contribution in [1.29, 1.82) is 0 Å². The third-order valence-electron chi connectivity index (χ3n) is 4.58. The molecule has 1 atom stereocenters. The Morgan fingerprint density at radius 1 is 1.15 bits per heavy atom. The second-order valence-electron chi connectivity index (χ2n) is 6.50. The number of aromatic amines is 1. The molecule has 8 heteroatoms. The summed E-state index contributed by atoms with van der Waals surface area (Å²) in [5, 5.41) is 0.677. The second-order valence-corrected chi connectivity index (χ2v) is 9.70. The predicted molar refractivity (Wildman–Crippen MR) is 108 cm³/mol. The van der Waals surface area contributed by atoms with Crippen LogP contribution in [-0.2, 0) is 14.6 Å². The van der Waals surface area contributed by atoms with E-state index in [2.05, 4.69) is 9.97 Å². The molecule has 3 aromatic rings. The number of carbonyl (C=O) groups excluding carboxylic acids is 1. The third kappa shape index (κ3) is 4.01. The minimum absolute atomic E-state index is 0.0168. The van der Waals surface area contributed by atoms with Gasteiger partial charge < -0.3 is 9.88 Å². The average molecular weight is 402 g/mol. The number of para-hydroxylation sites is 3. The molecule has 1 saturated heterocycles. The van der Waals surface area contributed by atoms with Gasteiger partial charge in [0.25, 0.3) is 0 Å². The summed E-state index contributed by atoms with van der Waals surface area (Å²) in [6, 6.07) is 16.6. The van der Waals surface area contributed by atoms with E-state index in [9.17, 15) is 13.2 Å². The highest BCUT2D eigenvalue weighted by molar-refractivity contribution is 7.99. The van der Waals surface area contributed by atoms with Gasteiger partial charge in [0.2, 0.25) is 5.91 Å². The molecule has 0 saturated carbocycles. The molecule has 0 spiro atoms. The van der Waals surface area contributed by atoms with E-state index in [4.69, 9.17) is 0 Å². The molecule has 1 aliphatic heterocycles. The monoisotopic (exact) mass is 401 g/mol. The van der Waals surface area contributed by atoms with Crippen LogP contribution in [-0.4, -0.2) is 47.6 Å². The predicted octanol–water partition coefficient (Wildman–Crippen LogP) is 2.88. The first-order valence-electron chi connectivity index (χ1n) is 8.67. The molecule has 6 nitrogen and oxygen atoms in total. The highest BCUT2D eigenvalue weighted by Crippen LogP contribution is 2.27. The Kier molecular flexibility index (Phi) is 4.92. The molecule has 1 N–H and O–H groups in total. The van der Waals surface area contributed by atoms with Crippen LogP contribution in [0.4, 0.5) is 5.69 Å². The summed E-state index contributed by atoms with van der Waals surface area (Å²) < 4.78 is 23.8. The Labute approximate surface area is 161 Å². The normalized spacial score (nSPS) is 18.6. The lowest BCUT2D eigenvalue weighted by Gasteiger charge is -2.28. The van der Waals surface area contributed by atoms with Crippen LogP contribution in [0.25, 0.3) is 11.0 Å². The number of hydrogen-bond acceptors (Lipinski definition) is 5. The van der Waals surface area contributed by atoms with E-state index in [1.54, 1.807) is 4.90 Å². The molecule has 0 radical (unpaired) electrons. The lowest BCUT2D eigenvalue weighted by molar-refractivity contribution is -0.116. The molecule has 0 unspecified atom stereocenters. The van der Waals surface area contributed by atoms with E-state index in [0.717, 1.165) is 16.7 Å². The number of nitrogens with one attached hydrogen (secondary N) is 1. The maximum absolute atomic E-state index is 13.0.